The van der Waals surface area contributed by atoms with E-state index in [1.54, 1.807) is 0 Å². The van der Waals surface area contributed by atoms with Crippen molar-refractivity contribution in [2.75, 3.05) is 5.32 Å². The molecule has 58 valence electrons. The zero-order valence-corrected chi connectivity index (χ0v) is 6.59. The van der Waals surface area contributed by atoms with Gasteiger partial charge in [-0.1, -0.05) is 11.6 Å². The molecule has 1 heterocycles. The Balaban J connectivity index is 2.79. The van der Waals surface area contributed by atoms with Crippen molar-refractivity contribution in [2.45, 2.75) is 6.92 Å². The molecular weight excluding hydrogens is 166 g/mol. The molecule has 1 rings (SSSR count). The standard InChI is InChI=1S/C6H6ClN3O/c1-4(11)9-6-8-3-2-5(7)10-6/h2-3H,1H3,(H,8,9,10,11). The Morgan fingerprint density at radius 3 is 3.00 bits per heavy atom. The smallest absolute Gasteiger partial charge is 0.230 e. The number of hydrogen-bond acceptors (Lipinski definition) is 3. The topological polar surface area (TPSA) is 54.9 Å². The van der Waals surface area contributed by atoms with E-state index in [9.17, 15) is 4.79 Å². The lowest BCUT2D eigenvalue weighted by Crippen LogP contribution is -2.08. The fourth-order valence-electron chi connectivity index (χ4n) is 0.554. The number of anilines is 1. The first-order valence-corrected chi connectivity index (χ1v) is 3.32. The van der Waals surface area contributed by atoms with E-state index in [0.29, 0.717) is 5.15 Å². The SMILES string of the molecule is CC(=O)Nc1nccc(Cl)n1. The molecule has 1 amide bonds. The van der Waals surface area contributed by atoms with Crippen LogP contribution in [0.1, 0.15) is 6.92 Å². The first-order valence-electron chi connectivity index (χ1n) is 2.94. The molecule has 11 heavy (non-hydrogen) atoms. The van der Waals surface area contributed by atoms with Crippen LogP contribution in [0.3, 0.4) is 0 Å². The van der Waals surface area contributed by atoms with Gasteiger partial charge in [0, 0.05) is 13.1 Å². The molecule has 4 nitrogen and oxygen atoms in total. The molecule has 0 fully saturated rings. The number of aromatic nitrogens is 2. The number of halogens is 1. The molecule has 0 atom stereocenters. The van der Waals surface area contributed by atoms with Gasteiger partial charge >= 0.3 is 0 Å². The second-order valence-electron chi connectivity index (χ2n) is 1.88. The first kappa shape index (κ1) is 7.94. The van der Waals surface area contributed by atoms with Crippen LogP contribution in [-0.4, -0.2) is 15.9 Å². The number of carbonyl (C=O) groups excluding carboxylic acids is 1. The summed E-state index contributed by atoms with van der Waals surface area (Å²) in [5.41, 5.74) is 0. The summed E-state index contributed by atoms with van der Waals surface area (Å²) in [6.07, 6.45) is 1.47. The van der Waals surface area contributed by atoms with Gasteiger partial charge in [0.25, 0.3) is 0 Å². The Bertz CT molecular complexity index is 276. The second kappa shape index (κ2) is 3.30. The molecule has 0 aliphatic rings. The molecule has 0 aliphatic carbocycles. The average Bonchev–Trinajstić information content (AvgIpc) is 1.85. The molecule has 0 aromatic carbocycles. The van der Waals surface area contributed by atoms with Crippen molar-refractivity contribution >= 4 is 23.5 Å². The average molecular weight is 172 g/mol. The van der Waals surface area contributed by atoms with E-state index < -0.39 is 0 Å². The molecule has 0 radical (unpaired) electrons. The van der Waals surface area contributed by atoms with Crippen molar-refractivity contribution in [1.82, 2.24) is 9.97 Å². The van der Waals surface area contributed by atoms with Gasteiger partial charge in [-0.15, -0.1) is 0 Å². The fraction of sp³-hybridized carbons (Fsp3) is 0.167. The predicted molar refractivity (Wildman–Crippen MR) is 41.3 cm³/mol. The molecule has 0 bridgehead atoms. The van der Waals surface area contributed by atoms with E-state index in [1.165, 1.54) is 19.2 Å². The van der Waals surface area contributed by atoms with Crippen LogP contribution in [0.25, 0.3) is 0 Å². The lowest BCUT2D eigenvalue weighted by Gasteiger charge is -1.97. The highest BCUT2D eigenvalue weighted by Crippen LogP contribution is 2.04. The third-order valence-electron chi connectivity index (χ3n) is 0.909. The van der Waals surface area contributed by atoms with Crippen molar-refractivity contribution in [3.05, 3.63) is 17.4 Å². The van der Waals surface area contributed by atoms with Gasteiger partial charge in [0.05, 0.1) is 0 Å². The summed E-state index contributed by atoms with van der Waals surface area (Å²) in [5.74, 6) is 0.0114. The predicted octanol–water partition coefficient (Wildman–Crippen LogP) is 1.09. The van der Waals surface area contributed by atoms with E-state index in [1.807, 2.05) is 0 Å². The molecule has 0 aliphatic heterocycles. The maximum Gasteiger partial charge on any atom is 0.230 e. The van der Waals surface area contributed by atoms with Gasteiger partial charge in [-0.3, -0.25) is 10.1 Å². The molecule has 5 heteroatoms. The fourth-order valence-corrected chi connectivity index (χ4v) is 0.691. The highest BCUT2D eigenvalue weighted by Gasteiger charge is 1.97. The van der Waals surface area contributed by atoms with Crippen LogP contribution >= 0.6 is 11.6 Å². The molecular formula is C6H6ClN3O. The maximum atomic E-state index is 10.5. The van der Waals surface area contributed by atoms with Crippen LogP contribution in [0.2, 0.25) is 5.15 Å². The minimum Gasteiger partial charge on any atom is -0.295 e. The van der Waals surface area contributed by atoms with Gasteiger partial charge in [-0.05, 0) is 6.07 Å². The molecule has 0 unspecified atom stereocenters. The third kappa shape index (κ3) is 2.51. The van der Waals surface area contributed by atoms with Crippen LogP contribution in [-0.2, 0) is 4.79 Å². The number of nitrogens with one attached hydrogen (secondary N) is 1. The zero-order chi connectivity index (χ0) is 8.27. The van der Waals surface area contributed by atoms with Crippen LogP contribution in [0.5, 0.6) is 0 Å². The summed E-state index contributed by atoms with van der Waals surface area (Å²) in [5, 5.41) is 2.71. The number of carbonyl (C=O) groups is 1. The quantitative estimate of drug-likeness (QED) is 0.644. The van der Waals surface area contributed by atoms with Gasteiger partial charge in [0.2, 0.25) is 11.9 Å². The Hall–Kier alpha value is -1.16. The number of amides is 1. The normalized spacial score (nSPS) is 9.27. The van der Waals surface area contributed by atoms with Crippen molar-refractivity contribution in [2.24, 2.45) is 0 Å². The lowest BCUT2D eigenvalue weighted by molar-refractivity contribution is -0.114. The number of nitrogens with zero attached hydrogens (tertiary/aromatic N) is 2. The molecule has 0 spiro atoms. The maximum absolute atomic E-state index is 10.5. The molecule has 0 saturated carbocycles. The largest absolute Gasteiger partial charge is 0.295 e. The molecule has 1 N–H and O–H groups in total. The highest BCUT2D eigenvalue weighted by atomic mass is 35.5. The Kier molecular flexibility index (Phi) is 2.38. The van der Waals surface area contributed by atoms with Crippen molar-refractivity contribution in [3.63, 3.8) is 0 Å². The van der Waals surface area contributed by atoms with Crippen LogP contribution < -0.4 is 5.32 Å². The number of rotatable bonds is 1. The van der Waals surface area contributed by atoms with Crippen LogP contribution in [0.4, 0.5) is 5.95 Å². The Morgan fingerprint density at radius 2 is 2.45 bits per heavy atom. The van der Waals surface area contributed by atoms with E-state index in [-0.39, 0.29) is 11.9 Å². The van der Waals surface area contributed by atoms with Crippen molar-refractivity contribution in [1.29, 1.82) is 0 Å². The first-order chi connectivity index (χ1) is 5.18. The third-order valence-corrected chi connectivity index (χ3v) is 1.12. The minimum absolute atomic E-state index is 0.215. The summed E-state index contributed by atoms with van der Waals surface area (Å²) < 4.78 is 0. The molecule has 1 aromatic rings. The van der Waals surface area contributed by atoms with Crippen LogP contribution in [0.15, 0.2) is 12.3 Å². The summed E-state index contributed by atoms with van der Waals surface area (Å²) in [6.45, 7) is 1.38. The van der Waals surface area contributed by atoms with Gasteiger partial charge in [0.1, 0.15) is 5.15 Å². The second-order valence-corrected chi connectivity index (χ2v) is 2.27. The van der Waals surface area contributed by atoms with Crippen molar-refractivity contribution in [3.8, 4) is 0 Å². The molecule has 1 aromatic heterocycles. The van der Waals surface area contributed by atoms with Crippen LogP contribution in [0, 0.1) is 0 Å². The number of hydrogen-bond donors (Lipinski definition) is 1. The minimum atomic E-state index is -0.215. The molecule has 0 saturated heterocycles. The van der Waals surface area contributed by atoms with Gasteiger partial charge in [-0.25, -0.2) is 9.97 Å². The summed E-state index contributed by atoms with van der Waals surface area (Å²) >= 11 is 5.53. The Morgan fingerprint density at radius 1 is 1.73 bits per heavy atom. The highest BCUT2D eigenvalue weighted by molar-refractivity contribution is 6.29. The van der Waals surface area contributed by atoms with E-state index in [2.05, 4.69) is 15.3 Å². The van der Waals surface area contributed by atoms with E-state index in [0.717, 1.165) is 0 Å². The zero-order valence-electron chi connectivity index (χ0n) is 5.84. The van der Waals surface area contributed by atoms with Crippen molar-refractivity contribution < 1.29 is 4.79 Å². The van der Waals surface area contributed by atoms with Gasteiger partial charge < -0.3 is 0 Å². The van der Waals surface area contributed by atoms with Gasteiger partial charge in [-0.2, -0.15) is 0 Å². The summed E-state index contributed by atoms with van der Waals surface area (Å²) in [7, 11) is 0. The Labute approximate surface area is 68.6 Å². The van der Waals surface area contributed by atoms with E-state index in [4.69, 9.17) is 11.6 Å². The van der Waals surface area contributed by atoms with Gasteiger partial charge in [0.15, 0.2) is 0 Å². The lowest BCUT2D eigenvalue weighted by atomic mass is 10.6. The summed E-state index contributed by atoms with van der Waals surface area (Å²) in [6, 6.07) is 1.53. The summed E-state index contributed by atoms with van der Waals surface area (Å²) in [4.78, 5) is 18.0. The van der Waals surface area contributed by atoms with E-state index >= 15 is 0 Å². The monoisotopic (exact) mass is 171 g/mol.